The highest BCUT2D eigenvalue weighted by molar-refractivity contribution is 5.39. The average molecular weight is 309 g/mol. The molecular weight excluding hydrogens is 290 g/mol. The second kappa shape index (κ2) is 5.92. The Balaban J connectivity index is 1.46. The fourth-order valence-corrected chi connectivity index (χ4v) is 3.07. The second-order valence-electron chi connectivity index (χ2n) is 5.84. The highest BCUT2D eigenvalue weighted by Crippen LogP contribution is 2.16. The third kappa shape index (κ3) is 2.87. The average Bonchev–Trinajstić information content (AvgIpc) is 3.21. The van der Waals surface area contributed by atoms with Crippen molar-refractivity contribution in [2.45, 2.75) is 38.9 Å². The molecule has 1 unspecified atom stereocenters. The van der Waals surface area contributed by atoms with Crippen molar-refractivity contribution in [2.75, 3.05) is 0 Å². The van der Waals surface area contributed by atoms with Crippen LogP contribution in [-0.2, 0) is 19.5 Å². The molecule has 3 heterocycles. The predicted octanol–water partition coefficient (Wildman–Crippen LogP) is 1.27. The lowest BCUT2D eigenvalue weighted by Crippen LogP contribution is -2.37. The Morgan fingerprint density at radius 3 is 3.09 bits per heavy atom. The van der Waals surface area contributed by atoms with Crippen molar-refractivity contribution in [3.05, 3.63) is 54.1 Å². The molecule has 1 aromatic carbocycles. The molecule has 0 saturated carbocycles. The summed E-state index contributed by atoms with van der Waals surface area (Å²) >= 11 is 0. The van der Waals surface area contributed by atoms with Crippen LogP contribution in [0.25, 0.3) is 5.69 Å². The summed E-state index contributed by atoms with van der Waals surface area (Å²) in [5, 5.41) is 12.3. The molecule has 0 aliphatic carbocycles. The van der Waals surface area contributed by atoms with Crippen LogP contribution in [0.4, 0.5) is 0 Å². The molecule has 3 aromatic rings. The van der Waals surface area contributed by atoms with Gasteiger partial charge in [0.15, 0.2) is 0 Å². The zero-order chi connectivity index (χ0) is 15.6. The van der Waals surface area contributed by atoms with Gasteiger partial charge in [0.25, 0.3) is 0 Å². The fourth-order valence-electron chi connectivity index (χ4n) is 3.07. The van der Waals surface area contributed by atoms with Crippen LogP contribution < -0.4 is 5.32 Å². The minimum absolute atomic E-state index is 0.410. The molecule has 7 heteroatoms. The summed E-state index contributed by atoms with van der Waals surface area (Å²) in [5.41, 5.74) is 2.27. The van der Waals surface area contributed by atoms with Crippen LogP contribution in [0.2, 0.25) is 0 Å². The largest absolute Gasteiger partial charge is 0.308 e. The lowest BCUT2D eigenvalue weighted by Gasteiger charge is -2.24. The highest BCUT2D eigenvalue weighted by Gasteiger charge is 2.20. The topological polar surface area (TPSA) is 73.5 Å². The standard InChI is InChI=1S/C16H19N7/c1-12-20-16-7-6-14(9-22(16)21-12)18-8-13-4-2-3-5-15(13)23-11-17-10-19-23/h2-5,10-11,14,18H,6-9H2,1H3. The van der Waals surface area contributed by atoms with Gasteiger partial charge in [0.2, 0.25) is 0 Å². The monoisotopic (exact) mass is 309 g/mol. The highest BCUT2D eigenvalue weighted by atomic mass is 15.4. The number of nitrogens with zero attached hydrogens (tertiary/aromatic N) is 6. The molecule has 0 amide bonds. The van der Waals surface area contributed by atoms with E-state index in [4.69, 9.17) is 0 Å². The smallest absolute Gasteiger partial charge is 0.147 e. The van der Waals surface area contributed by atoms with E-state index >= 15 is 0 Å². The van der Waals surface area contributed by atoms with Gasteiger partial charge in [-0.2, -0.15) is 10.2 Å². The van der Waals surface area contributed by atoms with Crippen molar-refractivity contribution in [2.24, 2.45) is 0 Å². The van der Waals surface area contributed by atoms with Gasteiger partial charge in [-0.25, -0.2) is 19.3 Å². The van der Waals surface area contributed by atoms with Crippen LogP contribution in [0.15, 0.2) is 36.9 Å². The third-order valence-electron chi connectivity index (χ3n) is 4.20. The van der Waals surface area contributed by atoms with Gasteiger partial charge < -0.3 is 5.32 Å². The minimum atomic E-state index is 0.410. The summed E-state index contributed by atoms with van der Waals surface area (Å²) in [6.07, 6.45) is 5.34. The summed E-state index contributed by atoms with van der Waals surface area (Å²) in [7, 11) is 0. The maximum absolute atomic E-state index is 4.46. The summed E-state index contributed by atoms with van der Waals surface area (Å²) < 4.78 is 3.83. The quantitative estimate of drug-likeness (QED) is 0.786. The molecule has 4 rings (SSSR count). The lowest BCUT2D eigenvalue weighted by atomic mass is 10.1. The maximum atomic E-state index is 4.46. The maximum Gasteiger partial charge on any atom is 0.147 e. The molecule has 0 saturated heterocycles. The summed E-state index contributed by atoms with van der Waals surface area (Å²) in [5.74, 6) is 1.96. The Kier molecular flexibility index (Phi) is 3.63. The third-order valence-corrected chi connectivity index (χ3v) is 4.20. The van der Waals surface area contributed by atoms with Crippen LogP contribution in [0, 0.1) is 6.92 Å². The van der Waals surface area contributed by atoms with Crippen molar-refractivity contribution in [1.82, 2.24) is 34.8 Å². The number of aromatic nitrogens is 6. The van der Waals surface area contributed by atoms with Gasteiger partial charge in [-0.1, -0.05) is 18.2 Å². The van der Waals surface area contributed by atoms with Gasteiger partial charge in [-0.3, -0.25) is 0 Å². The van der Waals surface area contributed by atoms with Crippen molar-refractivity contribution in [3.8, 4) is 5.69 Å². The lowest BCUT2D eigenvalue weighted by molar-refractivity contribution is 0.357. The number of hydrogen-bond acceptors (Lipinski definition) is 5. The van der Waals surface area contributed by atoms with Gasteiger partial charge in [0.1, 0.15) is 24.3 Å². The van der Waals surface area contributed by atoms with E-state index in [1.807, 2.05) is 17.7 Å². The molecule has 7 nitrogen and oxygen atoms in total. The normalized spacial score (nSPS) is 17.2. The number of nitrogens with one attached hydrogen (secondary N) is 1. The van der Waals surface area contributed by atoms with E-state index in [-0.39, 0.29) is 0 Å². The molecule has 0 spiro atoms. The fraction of sp³-hybridized carbons (Fsp3) is 0.375. The number of para-hydroxylation sites is 1. The molecule has 0 radical (unpaired) electrons. The van der Waals surface area contributed by atoms with Gasteiger partial charge in [-0.15, -0.1) is 0 Å². The van der Waals surface area contributed by atoms with Crippen LogP contribution in [0.5, 0.6) is 0 Å². The first-order chi connectivity index (χ1) is 11.3. The van der Waals surface area contributed by atoms with Crippen LogP contribution in [-0.4, -0.2) is 35.6 Å². The zero-order valence-corrected chi connectivity index (χ0v) is 13.1. The number of hydrogen-bond donors (Lipinski definition) is 1. The van der Waals surface area contributed by atoms with Gasteiger partial charge in [-0.05, 0) is 25.0 Å². The summed E-state index contributed by atoms with van der Waals surface area (Å²) in [6, 6.07) is 8.67. The predicted molar refractivity (Wildman–Crippen MR) is 85.1 cm³/mol. The Morgan fingerprint density at radius 2 is 2.22 bits per heavy atom. The van der Waals surface area contributed by atoms with Crippen molar-refractivity contribution in [1.29, 1.82) is 0 Å². The molecule has 23 heavy (non-hydrogen) atoms. The first-order valence-electron chi connectivity index (χ1n) is 7.86. The van der Waals surface area contributed by atoms with E-state index in [0.29, 0.717) is 6.04 Å². The molecule has 1 N–H and O–H groups in total. The number of benzene rings is 1. The summed E-state index contributed by atoms with van der Waals surface area (Å²) in [4.78, 5) is 8.49. The van der Waals surface area contributed by atoms with E-state index in [9.17, 15) is 0 Å². The van der Waals surface area contributed by atoms with E-state index in [0.717, 1.165) is 43.3 Å². The molecule has 118 valence electrons. The van der Waals surface area contributed by atoms with E-state index < -0.39 is 0 Å². The molecule has 1 atom stereocenters. The van der Waals surface area contributed by atoms with Crippen molar-refractivity contribution < 1.29 is 0 Å². The zero-order valence-electron chi connectivity index (χ0n) is 13.1. The number of rotatable bonds is 4. The molecule has 2 aromatic heterocycles. The molecular formula is C16H19N7. The Labute approximate surface area is 134 Å². The van der Waals surface area contributed by atoms with E-state index in [1.165, 1.54) is 5.56 Å². The van der Waals surface area contributed by atoms with Crippen molar-refractivity contribution in [3.63, 3.8) is 0 Å². The van der Waals surface area contributed by atoms with E-state index in [2.05, 4.69) is 43.7 Å². The Morgan fingerprint density at radius 1 is 1.30 bits per heavy atom. The number of aryl methyl sites for hydroxylation is 2. The Bertz CT molecular complexity index is 791. The SMILES string of the molecule is Cc1nc2n(n1)CC(NCc1ccccc1-n1cncn1)CC2. The van der Waals surface area contributed by atoms with Crippen molar-refractivity contribution >= 4 is 0 Å². The minimum Gasteiger partial charge on any atom is -0.308 e. The number of fused-ring (bicyclic) bond motifs is 1. The summed E-state index contributed by atoms with van der Waals surface area (Å²) in [6.45, 7) is 3.62. The first-order valence-corrected chi connectivity index (χ1v) is 7.86. The molecule has 1 aliphatic heterocycles. The molecule has 1 aliphatic rings. The first kappa shape index (κ1) is 14.1. The van der Waals surface area contributed by atoms with E-state index in [1.54, 1.807) is 17.3 Å². The van der Waals surface area contributed by atoms with Crippen LogP contribution in [0.3, 0.4) is 0 Å². The van der Waals surface area contributed by atoms with Gasteiger partial charge in [0, 0.05) is 19.0 Å². The van der Waals surface area contributed by atoms with Crippen LogP contribution in [0.1, 0.15) is 23.6 Å². The van der Waals surface area contributed by atoms with Crippen LogP contribution >= 0.6 is 0 Å². The van der Waals surface area contributed by atoms with Gasteiger partial charge in [0.05, 0.1) is 12.2 Å². The molecule has 0 fully saturated rings. The molecule has 0 bridgehead atoms. The Hall–Kier alpha value is -2.54. The second-order valence-corrected chi connectivity index (χ2v) is 5.84. The van der Waals surface area contributed by atoms with Gasteiger partial charge >= 0.3 is 0 Å².